The van der Waals surface area contributed by atoms with Gasteiger partial charge in [-0.05, 0) is 25.5 Å². The molecule has 0 fully saturated rings. The van der Waals surface area contributed by atoms with Crippen LogP contribution in [0.5, 0.6) is 0 Å². The monoisotopic (exact) mass is 305 g/mol. The van der Waals surface area contributed by atoms with Gasteiger partial charge in [-0.2, -0.15) is 0 Å². The summed E-state index contributed by atoms with van der Waals surface area (Å²) in [6.45, 7) is 3.40. The number of primary amides is 1. The summed E-state index contributed by atoms with van der Waals surface area (Å²) in [6.07, 6.45) is 0. The lowest BCUT2D eigenvalue weighted by molar-refractivity contribution is -0.116. The molecule has 0 bridgehead atoms. The van der Waals surface area contributed by atoms with Gasteiger partial charge in [0.05, 0.1) is 11.3 Å². The highest BCUT2D eigenvalue weighted by atomic mass is 32.1. The molecule has 7 heteroatoms. The van der Waals surface area contributed by atoms with Gasteiger partial charge in [0.15, 0.2) is 0 Å². The standard InChI is InChI=1S/C14H15N3O3S/c1-8-4-3-5-10(12(8)13(15)19)16-11(18)6-17-9(2)7-21-14(17)20/h3-5,7H,6H2,1-2H3,(H2,15,19)(H,16,18). The SMILES string of the molecule is Cc1cccc(NC(=O)Cn2c(C)csc2=O)c1C(N)=O. The largest absolute Gasteiger partial charge is 0.366 e. The maximum Gasteiger partial charge on any atom is 0.307 e. The second kappa shape index (κ2) is 5.92. The summed E-state index contributed by atoms with van der Waals surface area (Å²) >= 11 is 1.04. The summed E-state index contributed by atoms with van der Waals surface area (Å²) in [5.41, 5.74) is 7.37. The van der Waals surface area contributed by atoms with Gasteiger partial charge in [-0.3, -0.25) is 19.0 Å². The van der Waals surface area contributed by atoms with Crippen LogP contribution >= 0.6 is 11.3 Å². The van der Waals surface area contributed by atoms with E-state index in [1.807, 2.05) is 0 Å². The molecule has 0 saturated heterocycles. The van der Waals surface area contributed by atoms with E-state index in [2.05, 4.69) is 5.32 Å². The normalized spacial score (nSPS) is 10.4. The van der Waals surface area contributed by atoms with Gasteiger partial charge in [0, 0.05) is 11.1 Å². The Labute approximate surface area is 125 Å². The highest BCUT2D eigenvalue weighted by Gasteiger charge is 2.14. The van der Waals surface area contributed by atoms with Crippen LogP contribution in [-0.2, 0) is 11.3 Å². The quantitative estimate of drug-likeness (QED) is 0.890. The number of carbonyl (C=O) groups is 2. The van der Waals surface area contributed by atoms with E-state index in [0.29, 0.717) is 11.3 Å². The number of nitrogens with one attached hydrogen (secondary N) is 1. The van der Waals surface area contributed by atoms with Gasteiger partial charge in [-0.25, -0.2) is 0 Å². The van der Waals surface area contributed by atoms with Crippen LogP contribution in [-0.4, -0.2) is 16.4 Å². The molecule has 0 atom stereocenters. The van der Waals surface area contributed by atoms with Crippen LogP contribution in [0.3, 0.4) is 0 Å². The Morgan fingerprint density at radius 2 is 2.05 bits per heavy atom. The van der Waals surface area contributed by atoms with Crippen molar-refractivity contribution < 1.29 is 9.59 Å². The number of nitrogens with two attached hydrogens (primary N) is 1. The number of benzene rings is 1. The first-order valence-corrected chi connectivity index (χ1v) is 7.12. The van der Waals surface area contributed by atoms with E-state index in [1.54, 1.807) is 37.4 Å². The second-order valence-corrected chi connectivity index (χ2v) is 5.46. The Bertz CT molecular complexity index is 761. The van der Waals surface area contributed by atoms with E-state index in [9.17, 15) is 14.4 Å². The average molecular weight is 305 g/mol. The maximum atomic E-state index is 12.1. The predicted octanol–water partition coefficient (Wildman–Crippen LogP) is 1.26. The van der Waals surface area contributed by atoms with E-state index in [4.69, 9.17) is 5.73 Å². The van der Waals surface area contributed by atoms with E-state index >= 15 is 0 Å². The third-order valence-electron chi connectivity index (χ3n) is 3.07. The molecule has 0 aliphatic carbocycles. The minimum atomic E-state index is -0.604. The fourth-order valence-corrected chi connectivity index (χ4v) is 2.76. The van der Waals surface area contributed by atoms with Crippen molar-refractivity contribution in [1.29, 1.82) is 0 Å². The Kier molecular flexibility index (Phi) is 4.23. The number of hydrogen-bond donors (Lipinski definition) is 2. The molecule has 1 heterocycles. The lowest BCUT2D eigenvalue weighted by Crippen LogP contribution is -2.26. The van der Waals surface area contributed by atoms with Crippen LogP contribution in [0.2, 0.25) is 0 Å². The summed E-state index contributed by atoms with van der Waals surface area (Å²) in [6, 6.07) is 5.07. The van der Waals surface area contributed by atoms with Crippen molar-refractivity contribution >= 4 is 28.8 Å². The number of thiazole rings is 1. The van der Waals surface area contributed by atoms with Crippen molar-refractivity contribution in [3.63, 3.8) is 0 Å². The molecule has 2 amide bonds. The number of anilines is 1. The van der Waals surface area contributed by atoms with Crippen LogP contribution in [0.15, 0.2) is 28.4 Å². The zero-order chi connectivity index (χ0) is 15.6. The smallest absolute Gasteiger partial charge is 0.307 e. The summed E-state index contributed by atoms with van der Waals surface area (Å²) in [5.74, 6) is -0.987. The summed E-state index contributed by atoms with van der Waals surface area (Å²) in [4.78, 5) is 34.9. The second-order valence-electron chi connectivity index (χ2n) is 4.64. The lowest BCUT2D eigenvalue weighted by atomic mass is 10.1. The molecule has 1 aromatic heterocycles. The van der Waals surface area contributed by atoms with Gasteiger partial charge in [-0.1, -0.05) is 23.5 Å². The average Bonchev–Trinajstić information content (AvgIpc) is 2.70. The highest BCUT2D eigenvalue weighted by molar-refractivity contribution is 7.07. The molecule has 2 rings (SSSR count). The number of aryl methyl sites for hydroxylation is 2. The van der Waals surface area contributed by atoms with Crippen LogP contribution in [0.4, 0.5) is 5.69 Å². The van der Waals surface area contributed by atoms with E-state index in [-0.39, 0.29) is 22.9 Å². The number of hydrogen-bond acceptors (Lipinski definition) is 4. The third-order valence-corrected chi connectivity index (χ3v) is 3.95. The molecular formula is C14H15N3O3S. The van der Waals surface area contributed by atoms with Crippen LogP contribution in [0.1, 0.15) is 21.6 Å². The first-order chi connectivity index (χ1) is 9.90. The molecule has 110 valence electrons. The number of nitrogens with zero attached hydrogens (tertiary/aromatic N) is 1. The van der Waals surface area contributed by atoms with Crippen molar-refractivity contribution in [2.24, 2.45) is 5.73 Å². The molecule has 0 saturated carbocycles. The highest BCUT2D eigenvalue weighted by Crippen LogP contribution is 2.19. The predicted molar refractivity (Wildman–Crippen MR) is 81.6 cm³/mol. The number of carbonyl (C=O) groups excluding carboxylic acids is 2. The van der Waals surface area contributed by atoms with E-state index < -0.39 is 5.91 Å². The van der Waals surface area contributed by atoms with Crippen LogP contribution in [0, 0.1) is 13.8 Å². The van der Waals surface area contributed by atoms with Crippen molar-refractivity contribution in [2.75, 3.05) is 5.32 Å². The Hall–Kier alpha value is -2.41. The minimum absolute atomic E-state index is 0.0969. The molecule has 3 N–H and O–H groups in total. The summed E-state index contributed by atoms with van der Waals surface area (Å²) in [5, 5.41) is 4.32. The van der Waals surface area contributed by atoms with Gasteiger partial charge in [0.25, 0.3) is 5.91 Å². The molecule has 6 nitrogen and oxygen atoms in total. The van der Waals surface area contributed by atoms with E-state index in [0.717, 1.165) is 17.0 Å². The first kappa shape index (κ1) is 15.0. The summed E-state index contributed by atoms with van der Waals surface area (Å²) in [7, 11) is 0. The Morgan fingerprint density at radius 1 is 1.33 bits per heavy atom. The Balaban J connectivity index is 2.23. The molecule has 0 aliphatic heterocycles. The molecule has 0 unspecified atom stereocenters. The van der Waals surface area contributed by atoms with Crippen molar-refractivity contribution in [2.45, 2.75) is 20.4 Å². The molecule has 0 radical (unpaired) electrons. The van der Waals surface area contributed by atoms with Crippen molar-refractivity contribution in [1.82, 2.24) is 4.57 Å². The lowest BCUT2D eigenvalue weighted by Gasteiger charge is -2.11. The molecule has 2 aromatic rings. The zero-order valence-electron chi connectivity index (χ0n) is 11.7. The van der Waals surface area contributed by atoms with Crippen molar-refractivity contribution in [3.05, 3.63) is 50.1 Å². The van der Waals surface area contributed by atoms with Gasteiger partial charge >= 0.3 is 4.87 Å². The molecule has 0 aliphatic rings. The van der Waals surface area contributed by atoms with Gasteiger partial charge < -0.3 is 11.1 Å². The van der Waals surface area contributed by atoms with E-state index in [1.165, 1.54) is 4.57 Å². The van der Waals surface area contributed by atoms with Crippen LogP contribution in [0.25, 0.3) is 0 Å². The fourth-order valence-electron chi connectivity index (χ4n) is 2.03. The van der Waals surface area contributed by atoms with Gasteiger partial charge in [0.2, 0.25) is 5.91 Å². The van der Waals surface area contributed by atoms with Gasteiger partial charge in [0.1, 0.15) is 6.54 Å². The third kappa shape index (κ3) is 3.19. The van der Waals surface area contributed by atoms with Crippen molar-refractivity contribution in [3.8, 4) is 0 Å². The minimum Gasteiger partial charge on any atom is -0.366 e. The molecule has 21 heavy (non-hydrogen) atoms. The first-order valence-electron chi connectivity index (χ1n) is 6.24. The molecular weight excluding hydrogens is 290 g/mol. The van der Waals surface area contributed by atoms with Crippen LogP contribution < -0.4 is 15.9 Å². The summed E-state index contributed by atoms with van der Waals surface area (Å²) < 4.78 is 1.37. The fraction of sp³-hybridized carbons (Fsp3) is 0.214. The topological polar surface area (TPSA) is 94.2 Å². The molecule has 0 spiro atoms. The van der Waals surface area contributed by atoms with Gasteiger partial charge in [-0.15, -0.1) is 0 Å². The zero-order valence-corrected chi connectivity index (χ0v) is 12.5. The Morgan fingerprint density at radius 3 is 2.62 bits per heavy atom. The number of amides is 2. The number of aromatic nitrogens is 1. The maximum absolute atomic E-state index is 12.1. The molecule has 1 aromatic carbocycles. The number of rotatable bonds is 4.